The lowest BCUT2D eigenvalue weighted by molar-refractivity contribution is -0.384. The van der Waals surface area contributed by atoms with Crippen LogP contribution in [0.5, 0.6) is 0 Å². The van der Waals surface area contributed by atoms with Gasteiger partial charge in [0.2, 0.25) is 5.82 Å². The molecule has 0 saturated carbocycles. The summed E-state index contributed by atoms with van der Waals surface area (Å²) in [6, 6.07) is -0.00314. The summed E-state index contributed by atoms with van der Waals surface area (Å²) < 4.78 is 7.02. The molecule has 1 aromatic rings. The zero-order valence-electron chi connectivity index (χ0n) is 11.9. The first-order valence-electron chi connectivity index (χ1n) is 6.68. The van der Waals surface area contributed by atoms with E-state index in [1.165, 1.54) is 0 Å². The number of anilines is 1. The quantitative estimate of drug-likeness (QED) is 0.638. The number of nitrogens with zero attached hydrogens (tertiary/aromatic N) is 4. The monoisotopic (exact) mass is 284 g/mol. The normalized spacial score (nSPS) is 23.1. The number of nitro groups is 1. The molecule has 0 spiro atoms. The summed E-state index contributed by atoms with van der Waals surface area (Å²) >= 11 is 0. The lowest BCUT2D eigenvalue weighted by Crippen LogP contribution is -2.50. The van der Waals surface area contributed by atoms with Gasteiger partial charge in [0, 0.05) is 13.6 Å². The van der Waals surface area contributed by atoms with Crippen molar-refractivity contribution in [2.45, 2.75) is 32.4 Å². The minimum absolute atomic E-state index is 0.00314. The van der Waals surface area contributed by atoms with E-state index >= 15 is 0 Å². The summed E-state index contributed by atoms with van der Waals surface area (Å²) in [4.78, 5) is 12.9. The van der Waals surface area contributed by atoms with Crippen LogP contribution in [0.1, 0.15) is 19.5 Å². The van der Waals surface area contributed by atoms with Gasteiger partial charge in [0.1, 0.15) is 5.69 Å². The highest BCUT2D eigenvalue weighted by Crippen LogP contribution is 2.34. The first kappa shape index (κ1) is 14.7. The van der Waals surface area contributed by atoms with Gasteiger partial charge >= 0.3 is 5.69 Å². The fraction of sp³-hybridized carbons (Fsp3) is 0.750. The third-order valence-corrected chi connectivity index (χ3v) is 3.56. The molecule has 1 aliphatic heterocycles. The van der Waals surface area contributed by atoms with Gasteiger partial charge in [0.15, 0.2) is 0 Å². The second kappa shape index (κ2) is 5.76. The van der Waals surface area contributed by atoms with Crippen LogP contribution in [0.2, 0.25) is 0 Å². The molecule has 1 aromatic heterocycles. The van der Waals surface area contributed by atoms with Crippen molar-refractivity contribution in [3.63, 3.8) is 0 Å². The molecule has 112 valence electrons. The maximum Gasteiger partial charge on any atom is 0.334 e. The summed E-state index contributed by atoms with van der Waals surface area (Å²) in [6.45, 7) is 4.53. The number of aliphatic hydroxyl groups is 1. The predicted molar refractivity (Wildman–Crippen MR) is 72.9 cm³/mol. The van der Waals surface area contributed by atoms with Gasteiger partial charge < -0.3 is 14.7 Å². The maximum atomic E-state index is 11.4. The number of aryl methyl sites for hydroxylation is 2. The fourth-order valence-electron chi connectivity index (χ4n) is 2.53. The van der Waals surface area contributed by atoms with Crippen LogP contribution >= 0.6 is 0 Å². The van der Waals surface area contributed by atoms with Crippen LogP contribution in [-0.2, 0) is 18.2 Å². The number of ether oxygens (including phenoxy) is 1. The number of hydrogen-bond acceptors (Lipinski definition) is 6. The molecular formula is C12H20N4O4. The second-order valence-corrected chi connectivity index (χ2v) is 4.99. The Bertz CT molecular complexity index is 502. The van der Waals surface area contributed by atoms with E-state index in [-0.39, 0.29) is 29.4 Å². The van der Waals surface area contributed by atoms with Crippen LogP contribution in [0, 0.1) is 10.1 Å². The molecule has 20 heavy (non-hydrogen) atoms. The van der Waals surface area contributed by atoms with Gasteiger partial charge in [-0.3, -0.25) is 10.1 Å². The first-order valence-corrected chi connectivity index (χ1v) is 6.68. The van der Waals surface area contributed by atoms with Crippen LogP contribution in [0.4, 0.5) is 11.5 Å². The molecular weight excluding hydrogens is 264 g/mol. The fourth-order valence-corrected chi connectivity index (χ4v) is 2.53. The zero-order chi connectivity index (χ0) is 14.9. The van der Waals surface area contributed by atoms with Gasteiger partial charge in [-0.25, -0.2) is 4.68 Å². The highest BCUT2D eigenvalue weighted by molar-refractivity contribution is 5.62. The summed E-state index contributed by atoms with van der Waals surface area (Å²) in [5, 5.41) is 24.8. The molecule has 2 atom stereocenters. The topological polar surface area (TPSA) is 93.7 Å². The van der Waals surface area contributed by atoms with Crippen LogP contribution < -0.4 is 4.90 Å². The summed E-state index contributed by atoms with van der Waals surface area (Å²) in [5.74, 6) is 0.487. The average molecular weight is 284 g/mol. The third kappa shape index (κ3) is 2.48. The van der Waals surface area contributed by atoms with Crippen LogP contribution in [0.3, 0.4) is 0 Å². The molecule has 0 amide bonds. The number of aromatic nitrogens is 2. The van der Waals surface area contributed by atoms with Crippen molar-refractivity contribution in [3.05, 3.63) is 15.8 Å². The Hall–Kier alpha value is -1.67. The molecule has 2 heterocycles. The van der Waals surface area contributed by atoms with Gasteiger partial charge in [0.25, 0.3) is 0 Å². The first-order chi connectivity index (χ1) is 9.49. The van der Waals surface area contributed by atoms with Crippen molar-refractivity contribution in [2.24, 2.45) is 7.05 Å². The van der Waals surface area contributed by atoms with Crippen LogP contribution in [0.25, 0.3) is 0 Å². The van der Waals surface area contributed by atoms with E-state index in [1.807, 2.05) is 18.7 Å². The van der Waals surface area contributed by atoms with Crippen molar-refractivity contribution in [3.8, 4) is 0 Å². The molecule has 1 aliphatic rings. The number of rotatable bonds is 4. The molecule has 0 aliphatic carbocycles. The van der Waals surface area contributed by atoms with Crippen LogP contribution in [-0.4, -0.2) is 51.7 Å². The smallest absolute Gasteiger partial charge is 0.334 e. The molecule has 0 bridgehead atoms. The molecule has 1 fully saturated rings. The number of aliphatic hydroxyl groups excluding tert-OH is 1. The van der Waals surface area contributed by atoms with Gasteiger partial charge in [0.05, 0.1) is 30.3 Å². The van der Waals surface area contributed by atoms with Crippen molar-refractivity contribution in [1.29, 1.82) is 0 Å². The minimum atomic E-state index is -0.378. The zero-order valence-corrected chi connectivity index (χ0v) is 11.9. The standard InChI is InChI=1S/C12H20N4O4/c1-4-10-11(16(18)19)12(14(3)13-10)15-5-9(6-17)20-7-8(15)2/h8-9,17H,4-7H2,1-3H3. The van der Waals surface area contributed by atoms with E-state index in [1.54, 1.807) is 11.7 Å². The van der Waals surface area contributed by atoms with Crippen LogP contribution in [0.15, 0.2) is 0 Å². The SMILES string of the molecule is CCc1nn(C)c(N2CC(CO)OCC2C)c1[N+](=O)[O-]. The van der Waals surface area contributed by atoms with Gasteiger partial charge in [-0.15, -0.1) is 0 Å². The summed E-state index contributed by atoms with van der Waals surface area (Å²) in [6.07, 6.45) is 0.178. The van der Waals surface area contributed by atoms with E-state index in [4.69, 9.17) is 4.74 Å². The van der Waals surface area contributed by atoms with Gasteiger partial charge in [-0.05, 0) is 13.3 Å². The largest absolute Gasteiger partial charge is 0.394 e. The predicted octanol–water partition coefficient (Wildman–Crippen LogP) is 0.477. The van der Waals surface area contributed by atoms with Gasteiger partial charge in [-0.2, -0.15) is 5.10 Å². The van der Waals surface area contributed by atoms with E-state index in [9.17, 15) is 15.2 Å². The number of morpholine rings is 1. The molecule has 0 aromatic carbocycles. The Balaban J connectivity index is 2.44. The lowest BCUT2D eigenvalue weighted by Gasteiger charge is -2.38. The van der Waals surface area contributed by atoms with E-state index < -0.39 is 0 Å². The molecule has 2 unspecified atom stereocenters. The third-order valence-electron chi connectivity index (χ3n) is 3.56. The van der Waals surface area contributed by atoms with E-state index in [0.717, 1.165) is 0 Å². The van der Waals surface area contributed by atoms with E-state index in [2.05, 4.69) is 5.10 Å². The van der Waals surface area contributed by atoms with Gasteiger partial charge in [-0.1, -0.05) is 6.92 Å². The average Bonchev–Trinajstić information content (AvgIpc) is 2.76. The minimum Gasteiger partial charge on any atom is -0.394 e. The van der Waals surface area contributed by atoms with Crippen molar-refractivity contribution in [2.75, 3.05) is 24.7 Å². The lowest BCUT2D eigenvalue weighted by atomic mass is 10.2. The molecule has 1 N–H and O–H groups in total. The number of hydrogen-bond donors (Lipinski definition) is 1. The molecule has 1 saturated heterocycles. The molecule has 0 radical (unpaired) electrons. The van der Waals surface area contributed by atoms with E-state index in [0.29, 0.717) is 31.1 Å². The highest BCUT2D eigenvalue weighted by Gasteiger charge is 2.35. The summed E-state index contributed by atoms with van der Waals surface area (Å²) in [5.41, 5.74) is 0.534. The Kier molecular flexibility index (Phi) is 4.24. The Morgan fingerprint density at radius 2 is 2.30 bits per heavy atom. The highest BCUT2D eigenvalue weighted by atomic mass is 16.6. The van der Waals surface area contributed by atoms with Crippen molar-refractivity contribution < 1.29 is 14.8 Å². The van der Waals surface area contributed by atoms with Crippen molar-refractivity contribution in [1.82, 2.24) is 9.78 Å². The Labute approximate surface area is 117 Å². The maximum absolute atomic E-state index is 11.4. The molecule has 8 nitrogen and oxygen atoms in total. The second-order valence-electron chi connectivity index (χ2n) is 4.99. The molecule has 8 heteroatoms. The summed E-state index contributed by atoms with van der Waals surface area (Å²) in [7, 11) is 1.71. The van der Waals surface area contributed by atoms with Crippen molar-refractivity contribution >= 4 is 11.5 Å². The Morgan fingerprint density at radius 1 is 1.60 bits per heavy atom. The Morgan fingerprint density at radius 3 is 2.85 bits per heavy atom. The molecule has 2 rings (SSSR count).